The molecule has 4 fully saturated rings. The van der Waals surface area contributed by atoms with Gasteiger partial charge < -0.3 is 14.3 Å². The molecular weight excluding hydrogens is 368 g/mol. The number of amides is 1. The van der Waals surface area contributed by atoms with Gasteiger partial charge in [0.1, 0.15) is 5.76 Å². The van der Waals surface area contributed by atoms with Crippen LogP contribution < -0.4 is 5.32 Å². The van der Waals surface area contributed by atoms with E-state index in [-0.39, 0.29) is 5.91 Å². The molecule has 0 radical (unpaired) electrons. The second-order valence-corrected chi connectivity index (χ2v) is 9.63. The molecule has 156 valence electrons. The van der Waals surface area contributed by atoms with Gasteiger partial charge in [0.2, 0.25) is 11.8 Å². The fourth-order valence-electron chi connectivity index (χ4n) is 6.70. The van der Waals surface area contributed by atoms with Gasteiger partial charge in [-0.15, -0.1) is 10.2 Å². The molecule has 4 bridgehead atoms. The van der Waals surface area contributed by atoms with Crippen molar-refractivity contribution in [3.05, 3.63) is 17.7 Å². The molecule has 6 rings (SSSR count). The van der Waals surface area contributed by atoms with Crippen molar-refractivity contribution < 1.29 is 13.7 Å². The molecule has 1 N–H and O–H groups in total. The first-order valence-electron chi connectivity index (χ1n) is 11.1. The molecule has 7 heteroatoms. The Labute approximate surface area is 171 Å². The molecule has 1 amide bonds. The Morgan fingerprint density at radius 2 is 1.90 bits per heavy atom. The highest BCUT2D eigenvalue weighted by Crippen LogP contribution is 2.61. The molecule has 4 saturated carbocycles. The summed E-state index contributed by atoms with van der Waals surface area (Å²) in [7, 11) is 0. The smallest absolute Gasteiger partial charge is 0.269 e. The number of carbonyl (C=O) groups excluding carboxylic acids is 1. The van der Waals surface area contributed by atoms with Gasteiger partial charge in [0.05, 0.1) is 0 Å². The van der Waals surface area contributed by atoms with Crippen LogP contribution in [0.25, 0.3) is 11.6 Å². The summed E-state index contributed by atoms with van der Waals surface area (Å²) in [6.07, 6.45) is 10.0. The number of nitrogens with zero attached hydrogens (tertiary/aromatic N) is 3. The van der Waals surface area contributed by atoms with Gasteiger partial charge in [-0.25, -0.2) is 0 Å². The van der Waals surface area contributed by atoms with Gasteiger partial charge in [0.15, 0.2) is 5.69 Å². The first-order valence-corrected chi connectivity index (χ1v) is 11.1. The normalized spacial score (nSPS) is 31.2. The minimum atomic E-state index is 0.0876. The summed E-state index contributed by atoms with van der Waals surface area (Å²) in [5, 5.41) is 15.3. The third-order valence-corrected chi connectivity index (χ3v) is 7.45. The molecule has 0 saturated heterocycles. The number of nitrogens with one attached hydrogen (secondary N) is 1. The molecule has 2 heterocycles. The van der Waals surface area contributed by atoms with Crippen LogP contribution in [0.3, 0.4) is 0 Å². The summed E-state index contributed by atoms with van der Waals surface area (Å²) >= 11 is 0. The van der Waals surface area contributed by atoms with Crippen molar-refractivity contribution in [1.82, 2.24) is 20.7 Å². The van der Waals surface area contributed by atoms with Crippen LogP contribution in [0.4, 0.5) is 0 Å². The predicted molar refractivity (Wildman–Crippen MR) is 106 cm³/mol. The molecule has 4 aliphatic carbocycles. The summed E-state index contributed by atoms with van der Waals surface area (Å²) in [5.41, 5.74) is 0.861. The summed E-state index contributed by atoms with van der Waals surface area (Å²) in [4.78, 5) is 12.7. The Hall–Kier alpha value is -2.18. The van der Waals surface area contributed by atoms with E-state index in [9.17, 15) is 4.79 Å². The third-order valence-electron chi connectivity index (χ3n) is 7.45. The fraction of sp³-hybridized carbons (Fsp3) is 0.727. The van der Waals surface area contributed by atoms with Crippen molar-refractivity contribution in [2.24, 2.45) is 23.2 Å². The van der Waals surface area contributed by atoms with E-state index in [0.29, 0.717) is 47.5 Å². The SMILES string of the molecule is CC[C@H](NC(=O)CCc1nnc(-c2cc(C)on2)o1)C12CC3CC(CC(C3)C1)C2. The monoisotopic (exact) mass is 398 g/mol. The number of aryl methyl sites for hydroxylation is 2. The maximum absolute atomic E-state index is 12.7. The van der Waals surface area contributed by atoms with Crippen molar-refractivity contribution in [2.75, 3.05) is 0 Å². The number of hydrogen-bond donors (Lipinski definition) is 1. The number of rotatable bonds is 7. The van der Waals surface area contributed by atoms with Crippen LogP contribution in [0.5, 0.6) is 0 Å². The number of aromatic nitrogens is 3. The lowest BCUT2D eigenvalue weighted by molar-refractivity contribution is -0.126. The molecule has 1 atom stereocenters. The Morgan fingerprint density at radius 1 is 1.21 bits per heavy atom. The number of hydrogen-bond acceptors (Lipinski definition) is 6. The van der Waals surface area contributed by atoms with Gasteiger partial charge in [-0.05, 0) is 75.0 Å². The highest BCUT2D eigenvalue weighted by molar-refractivity contribution is 5.76. The summed E-state index contributed by atoms with van der Waals surface area (Å²) in [6, 6.07) is 2.04. The highest BCUT2D eigenvalue weighted by atomic mass is 16.5. The predicted octanol–water partition coefficient (Wildman–Crippen LogP) is 4.08. The maximum Gasteiger partial charge on any atom is 0.269 e. The summed E-state index contributed by atoms with van der Waals surface area (Å²) < 4.78 is 10.7. The molecule has 29 heavy (non-hydrogen) atoms. The Balaban J connectivity index is 1.19. The van der Waals surface area contributed by atoms with E-state index in [1.54, 1.807) is 6.07 Å². The highest BCUT2D eigenvalue weighted by Gasteiger charge is 2.53. The Kier molecular flexibility index (Phi) is 4.71. The standard InChI is InChI=1S/C22H30N4O3/c1-3-18(22-10-14-7-15(11-22)9-16(8-14)12-22)23-19(27)4-5-20-24-25-21(28-20)17-6-13(2)29-26-17/h6,14-16,18H,3-5,7-12H2,1-2H3,(H,23,27)/t14?,15?,16?,18-,22?/m0/s1. The molecule has 0 spiro atoms. The van der Waals surface area contributed by atoms with Gasteiger partial charge in [0, 0.05) is 24.9 Å². The van der Waals surface area contributed by atoms with E-state index in [1.165, 1.54) is 38.5 Å². The van der Waals surface area contributed by atoms with Crippen molar-refractivity contribution in [3.63, 3.8) is 0 Å². The van der Waals surface area contributed by atoms with Crippen LogP contribution in [0, 0.1) is 30.1 Å². The lowest BCUT2D eigenvalue weighted by Crippen LogP contribution is -2.56. The lowest BCUT2D eigenvalue weighted by Gasteiger charge is -2.59. The fourth-order valence-corrected chi connectivity index (χ4v) is 6.70. The summed E-state index contributed by atoms with van der Waals surface area (Å²) in [6.45, 7) is 4.03. The average Bonchev–Trinajstić information content (AvgIpc) is 3.32. The zero-order valence-corrected chi connectivity index (χ0v) is 17.3. The molecule has 4 aliphatic rings. The van der Waals surface area contributed by atoms with E-state index in [2.05, 4.69) is 27.6 Å². The van der Waals surface area contributed by atoms with Gasteiger partial charge in [-0.3, -0.25) is 4.79 Å². The zero-order valence-electron chi connectivity index (χ0n) is 17.3. The lowest BCUT2D eigenvalue weighted by atomic mass is 9.47. The van der Waals surface area contributed by atoms with E-state index < -0.39 is 0 Å². The van der Waals surface area contributed by atoms with E-state index in [4.69, 9.17) is 8.94 Å². The van der Waals surface area contributed by atoms with E-state index in [0.717, 1.165) is 24.2 Å². The minimum Gasteiger partial charge on any atom is -0.419 e. The van der Waals surface area contributed by atoms with Crippen LogP contribution in [0.15, 0.2) is 15.0 Å². The topological polar surface area (TPSA) is 94.1 Å². The van der Waals surface area contributed by atoms with Crippen LogP contribution in [-0.2, 0) is 11.2 Å². The van der Waals surface area contributed by atoms with E-state index >= 15 is 0 Å². The molecule has 0 aromatic carbocycles. The van der Waals surface area contributed by atoms with Crippen molar-refractivity contribution in [3.8, 4) is 11.6 Å². The van der Waals surface area contributed by atoms with Crippen molar-refractivity contribution in [2.45, 2.75) is 77.7 Å². The van der Waals surface area contributed by atoms with Gasteiger partial charge in [-0.1, -0.05) is 12.1 Å². The molecular formula is C22H30N4O3. The minimum absolute atomic E-state index is 0.0876. The van der Waals surface area contributed by atoms with E-state index in [1.807, 2.05) is 6.92 Å². The van der Waals surface area contributed by atoms with Gasteiger partial charge in [-0.2, -0.15) is 0 Å². The van der Waals surface area contributed by atoms with Crippen LogP contribution in [0.2, 0.25) is 0 Å². The Bertz CT molecular complexity index is 851. The van der Waals surface area contributed by atoms with Gasteiger partial charge >= 0.3 is 0 Å². The first-order chi connectivity index (χ1) is 14.0. The van der Waals surface area contributed by atoms with Crippen LogP contribution >= 0.6 is 0 Å². The van der Waals surface area contributed by atoms with Crippen molar-refractivity contribution >= 4 is 5.91 Å². The third kappa shape index (κ3) is 3.60. The van der Waals surface area contributed by atoms with Crippen LogP contribution in [0.1, 0.15) is 69.9 Å². The van der Waals surface area contributed by atoms with Crippen molar-refractivity contribution in [1.29, 1.82) is 0 Å². The number of carbonyl (C=O) groups is 1. The molecule has 0 unspecified atom stereocenters. The summed E-state index contributed by atoms with van der Waals surface area (Å²) in [5.74, 6) is 4.24. The maximum atomic E-state index is 12.7. The van der Waals surface area contributed by atoms with Crippen LogP contribution in [-0.4, -0.2) is 27.3 Å². The molecule has 7 nitrogen and oxygen atoms in total. The Morgan fingerprint density at radius 3 is 2.48 bits per heavy atom. The second-order valence-electron chi connectivity index (χ2n) is 9.63. The largest absolute Gasteiger partial charge is 0.419 e. The second kappa shape index (κ2) is 7.26. The quantitative estimate of drug-likeness (QED) is 0.755. The molecule has 2 aromatic rings. The van der Waals surface area contributed by atoms with Gasteiger partial charge in [0.25, 0.3) is 5.89 Å². The zero-order chi connectivity index (χ0) is 20.0. The average molecular weight is 399 g/mol. The molecule has 0 aliphatic heterocycles. The molecule has 2 aromatic heterocycles. The first kappa shape index (κ1) is 18.8.